The summed E-state index contributed by atoms with van der Waals surface area (Å²) in [6, 6.07) is 2.31. The van der Waals surface area contributed by atoms with Crippen molar-refractivity contribution in [2.24, 2.45) is 0 Å². The number of halogens is 1. The van der Waals surface area contributed by atoms with Crippen LogP contribution in [0.3, 0.4) is 0 Å². The predicted molar refractivity (Wildman–Crippen MR) is 81.6 cm³/mol. The summed E-state index contributed by atoms with van der Waals surface area (Å²) >= 11 is 4.92. The first kappa shape index (κ1) is 15.8. The smallest absolute Gasteiger partial charge is 0.187 e. The Balaban J connectivity index is 2.63. The second kappa shape index (κ2) is 7.38. The van der Waals surface area contributed by atoms with Gasteiger partial charge in [0.25, 0.3) is 0 Å². The van der Waals surface area contributed by atoms with Gasteiger partial charge in [-0.3, -0.25) is 9.69 Å². The number of carbonyl (C=O) groups is 1. The van der Waals surface area contributed by atoms with Gasteiger partial charge in [0.1, 0.15) is 0 Å². The highest BCUT2D eigenvalue weighted by Gasteiger charge is 2.19. The molecule has 1 heterocycles. The fraction of sp³-hybridized carbons (Fsp3) is 0.615. The summed E-state index contributed by atoms with van der Waals surface area (Å²) in [5.74, 6) is 0.198. The Morgan fingerprint density at radius 1 is 1.50 bits per heavy atom. The zero-order valence-corrected chi connectivity index (χ0v) is 13.8. The quantitative estimate of drug-likeness (QED) is 0.717. The van der Waals surface area contributed by atoms with Crippen LogP contribution in [-0.2, 0) is 0 Å². The fourth-order valence-electron chi connectivity index (χ4n) is 1.97. The van der Waals surface area contributed by atoms with E-state index in [2.05, 4.69) is 53.7 Å². The first-order valence-electron chi connectivity index (χ1n) is 6.10. The molecule has 1 atom stereocenters. The Kier molecular flexibility index (Phi) is 6.49. The highest BCUT2D eigenvalue weighted by molar-refractivity contribution is 9.10. The molecule has 1 aromatic heterocycles. The van der Waals surface area contributed by atoms with Gasteiger partial charge in [0.2, 0.25) is 0 Å². The molecule has 0 saturated carbocycles. The third-order valence-corrected chi connectivity index (χ3v) is 4.75. The topological polar surface area (TPSA) is 23.6 Å². The van der Waals surface area contributed by atoms with E-state index >= 15 is 0 Å². The molecule has 102 valence electrons. The van der Waals surface area contributed by atoms with E-state index in [0.717, 1.165) is 22.4 Å². The Labute approximate surface area is 122 Å². The zero-order chi connectivity index (χ0) is 13.7. The van der Waals surface area contributed by atoms with Crippen LogP contribution in [-0.4, -0.2) is 55.4 Å². The molecular weight excluding hydrogens is 312 g/mol. The molecule has 0 aromatic carbocycles. The predicted octanol–water partition coefficient (Wildman–Crippen LogP) is 2.97. The minimum atomic E-state index is 0.198. The van der Waals surface area contributed by atoms with Gasteiger partial charge in [-0.1, -0.05) is 6.92 Å². The van der Waals surface area contributed by atoms with Gasteiger partial charge in [0.15, 0.2) is 5.78 Å². The summed E-state index contributed by atoms with van der Waals surface area (Å²) < 4.78 is 0.911. The number of likely N-dealkylation sites (N-methyl/N-ethyl adjacent to an activating group) is 2. The first-order chi connectivity index (χ1) is 8.45. The van der Waals surface area contributed by atoms with Crippen LogP contribution in [0.1, 0.15) is 23.5 Å². The van der Waals surface area contributed by atoms with E-state index in [1.807, 2.05) is 11.4 Å². The first-order valence-corrected chi connectivity index (χ1v) is 7.78. The monoisotopic (exact) mass is 332 g/mol. The zero-order valence-electron chi connectivity index (χ0n) is 11.4. The lowest BCUT2D eigenvalue weighted by atomic mass is 10.2. The summed E-state index contributed by atoms with van der Waals surface area (Å²) in [4.78, 5) is 17.4. The number of rotatable bonds is 7. The van der Waals surface area contributed by atoms with Crippen molar-refractivity contribution in [2.75, 3.05) is 33.7 Å². The van der Waals surface area contributed by atoms with Crippen molar-refractivity contribution in [3.05, 3.63) is 20.8 Å². The number of thiophene rings is 1. The molecule has 0 saturated heterocycles. The molecule has 1 aromatic rings. The SMILES string of the molecule is CCN(CC(=O)c1sccc1Br)C(C)CN(C)C. The van der Waals surface area contributed by atoms with E-state index in [-0.39, 0.29) is 5.78 Å². The Hall–Kier alpha value is -0.230. The molecule has 0 bridgehead atoms. The third kappa shape index (κ3) is 4.46. The van der Waals surface area contributed by atoms with Crippen molar-refractivity contribution in [1.29, 1.82) is 0 Å². The molecule has 0 aliphatic rings. The molecular formula is C13H21BrN2OS. The lowest BCUT2D eigenvalue weighted by Crippen LogP contribution is -2.42. The summed E-state index contributed by atoms with van der Waals surface area (Å²) in [7, 11) is 4.12. The number of ketones is 1. The minimum absolute atomic E-state index is 0.198. The lowest BCUT2D eigenvalue weighted by molar-refractivity contribution is 0.0892. The number of nitrogens with zero attached hydrogens (tertiary/aromatic N) is 2. The minimum Gasteiger partial charge on any atom is -0.308 e. The van der Waals surface area contributed by atoms with E-state index in [1.165, 1.54) is 11.3 Å². The van der Waals surface area contributed by atoms with Crippen molar-refractivity contribution >= 4 is 33.0 Å². The van der Waals surface area contributed by atoms with Crippen LogP contribution in [0.5, 0.6) is 0 Å². The highest BCUT2D eigenvalue weighted by atomic mass is 79.9. The summed E-state index contributed by atoms with van der Waals surface area (Å²) in [5.41, 5.74) is 0. The molecule has 0 spiro atoms. The molecule has 0 fully saturated rings. The van der Waals surface area contributed by atoms with E-state index in [0.29, 0.717) is 12.6 Å². The third-order valence-electron chi connectivity index (χ3n) is 2.88. The number of hydrogen-bond acceptors (Lipinski definition) is 4. The summed E-state index contributed by atoms with van der Waals surface area (Å²) in [5, 5.41) is 1.94. The van der Waals surface area contributed by atoms with Crippen molar-refractivity contribution < 1.29 is 4.79 Å². The van der Waals surface area contributed by atoms with Gasteiger partial charge in [-0.2, -0.15) is 0 Å². The van der Waals surface area contributed by atoms with Crippen LogP contribution in [0.2, 0.25) is 0 Å². The van der Waals surface area contributed by atoms with Gasteiger partial charge >= 0.3 is 0 Å². The second-order valence-electron chi connectivity index (χ2n) is 4.70. The molecule has 0 N–H and O–H groups in total. The molecule has 5 heteroatoms. The van der Waals surface area contributed by atoms with Crippen LogP contribution in [0.15, 0.2) is 15.9 Å². The number of hydrogen-bond donors (Lipinski definition) is 0. The van der Waals surface area contributed by atoms with Gasteiger partial charge in [-0.05, 0) is 54.9 Å². The molecule has 1 rings (SSSR count). The Bertz CT molecular complexity index is 392. The number of Topliss-reactive ketones (excluding diaryl/α,β-unsaturated/α-hetero) is 1. The maximum absolute atomic E-state index is 12.2. The van der Waals surface area contributed by atoms with Crippen molar-refractivity contribution in [1.82, 2.24) is 9.80 Å². The van der Waals surface area contributed by atoms with Gasteiger partial charge in [-0.15, -0.1) is 11.3 Å². The second-order valence-corrected chi connectivity index (χ2v) is 6.47. The molecule has 0 amide bonds. The summed E-state index contributed by atoms with van der Waals surface area (Å²) in [6.45, 7) is 6.62. The van der Waals surface area contributed by atoms with Crippen molar-refractivity contribution in [3.8, 4) is 0 Å². The maximum Gasteiger partial charge on any atom is 0.187 e. The van der Waals surface area contributed by atoms with Gasteiger partial charge in [0, 0.05) is 17.1 Å². The summed E-state index contributed by atoms with van der Waals surface area (Å²) in [6.07, 6.45) is 0. The van der Waals surface area contributed by atoms with Crippen LogP contribution in [0.4, 0.5) is 0 Å². The van der Waals surface area contributed by atoms with E-state index < -0.39 is 0 Å². The molecule has 18 heavy (non-hydrogen) atoms. The molecule has 1 unspecified atom stereocenters. The lowest BCUT2D eigenvalue weighted by Gasteiger charge is -2.29. The average Bonchev–Trinajstić information content (AvgIpc) is 2.70. The highest BCUT2D eigenvalue weighted by Crippen LogP contribution is 2.23. The standard InChI is InChI=1S/C13H21BrN2OS/c1-5-16(10(2)8-15(3)4)9-12(17)13-11(14)6-7-18-13/h6-7,10H,5,8-9H2,1-4H3. The van der Waals surface area contributed by atoms with E-state index in [9.17, 15) is 4.79 Å². The van der Waals surface area contributed by atoms with Crippen molar-refractivity contribution in [2.45, 2.75) is 19.9 Å². The van der Waals surface area contributed by atoms with Gasteiger partial charge in [-0.25, -0.2) is 0 Å². The van der Waals surface area contributed by atoms with Gasteiger partial charge < -0.3 is 4.90 Å². The average molecular weight is 333 g/mol. The van der Waals surface area contributed by atoms with E-state index in [4.69, 9.17) is 0 Å². The fourth-order valence-corrected chi connectivity index (χ4v) is 3.50. The number of carbonyl (C=O) groups excluding carboxylic acids is 1. The normalized spacial score (nSPS) is 13.3. The van der Waals surface area contributed by atoms with Crippen molar-refractivity contribution in [3.63, 3.8) is 0 Å². The van der Waals surface area contributed by atoms with Crippen LogP contribution >= 0.6 is 27.3 Å². The van der Waals surface area contributed by atoms with Crippen LogP contribution < -0.4 is 0 Å². The Morgan fingerprint density at radius 3 is 2.61 bits per heavy atom. The molecule has 3 nitrogen and oxygen atoms in total. The van der Waals surface area contributed by atoms with Crippen LogP contribution in [0.25, 0.3) is 0 Å². The van der Waals surface area contributed by atoms with Gasteiger partial charge in [0.05, 0.1) is 11.4 Å². The largest absolute Gasteiger partial charge is 0.308 e. The van der Waals surface area contributed by atoms with E-state index in [1.54, 1.807) is 0 Å². The maximum atomic E-state index is 12.2. The van der Waals surface area contributed by atoms with Crippen LogP contribution in [0, 0.1) is 0 Å². The molecule has 0 radical (unpaired) electrons. The Morgan fingerprint density at radius 2 is 2.17 bits per heavy atom. The molecule has 0 aliphatic heterocycles. The molecule has 0 aliphatic carbocycles.